The number of nitrogens with one attached hydrogen (secondary N) is 2. The summed E-state index contributed by atoms with van der Waals surface area (Å²) in [5.74, 6) is 4.38. The molecule has 5 aliphatic carbocycles. The van der Waals surface area contributed by atoms with E-state index in [0.29, 0.717) is 51.9 Å². The molecule has 51 heavy (non-hydrogen) atoms. The molecule has 11 atom stereocenters. The molecule has 7 rings (SSSR count). The minimum Gasteiger partial charge on any atom is -0.478 e. The fourth-order valence-electron chi connectivity index (χ4n) is 15.1. The third-order valence-corrected chi connectivity index (χ3v) is 20.1. The summed E-state index contributed by atoms with van der Waals surface area (Å²) >= 11 is 0. The first-order valence-electron chi connectivity index (χ1n) is 21.0. The van der Waals surface area contributed by atoms with Gasteiger partial charge in [-0.05, 0) is 177 Å². The molecule has 1 aromatic carbocycles. The molecule has 286 valence electrons. The monoisotopic (exact) mass is 723 g/mol. The van der Waals surface area contributed by atoms with E-state index < -0.39 is 15.8 Å². The summed E-state index contributed by atoms with van der Waals surface area (Å²) in [6.07, 6.45) is 15.8. The van der Waals surface area contributed by atoms with Crippen molar-refractivity contribution in [1.29, 1.82) is 0 Å². The zero-order valence-electron chi connectivity index (χ0n) is 33.0. The highest BCUT2D eigenvalue weighted by Gasteiger charge is 2.71. The van der Waals surface area contributed by atoms with Crippen LogP contribution in [0.4, 0.5) is 0 Å². The number of aromatic carboxylic acids is 1. The number of benzene rings is 1. The summed E-state index contributed by atoms with van der Waals surface area (Å²) in [5.41, 5.74) is 3.13. The zero-order valence-corrected chi connectivity index (χ0v) is 33.8. The zero-order chi connectivity index (χ0) is 36.6. The predicted octanol–water partition coefficient (Wildman–Crippen LogP) is 9.10. The summed E-state index contributed by atoms with van der Waals surface area (Å²) in [5, 5.41) is 17.1. The van der Waals surface area contributed by atoms with E-state index in [2.05, 4.69) is 71.2 Å². The number of fused-ring (bicyclic) bond motifs is 7. The van der Waals surface area contributed by atoms with Gasteiger partial charge in [-0.3, -0.25) is 0 Å². The molecule has 1 saturated heterocycles. The predicted molar refractivity (Wildman–Crippen MR) is 208 cm³/mol. The molecule has 3 N–H and O–H groups in total. The van der Waals surface area contributed by atoms with Gasteiger partial charge in [0.2, 0.25) is 0 Å². The fourth-order valence-corrected chi connectivity index (χ4v) is 16.9. The quantitative estimate of drug-likeness (QED) is 0.209. The average Bonchev–Trinajstić information content (AvgIpc) is 3.62. The SMILES string of the molecule is CC(C)[C@@H]1CC[C@]2(NCCCNC[C@@H]3CCCS3(=O)=O)CC[C@]3(C)[C@H](CC[C@@H]4[C@@]5(C)CC[C@@H](c6ccc(C(=O)O)cc6)C(C)(C)[C@@H]5CC[C@]43C)[C@@H]12. The van der Waals surface area contributed by atoms with Crippen molar-refractivity contribution in [3.05, 3.63) is 35.4 Å². The summed E-state index contributed by atoms with van der Waals surface area (Å²) in [4.78, 5) is 11.6. The lowest BCUT2D eigenvalue weighted by Gasteiger charge is -2.73. The Morgan fingerprint density at radius 2 is 1.59 bits per heavy atom. The molecule has 1 aromatic rings. The van der Waals surface area contributed by atoms with Crippen molar-refractivity contribution in [3.63, 3.8) is 0 Å². The first-order chi connectivity index (χ1) is 24.0. The standard InChI is InChI=1S/C44H70N2O4S/c1-29(2)33-17-22-44(46-26-9-25-45-28-32-10-8-27-51(32,49)50)24-23-42(6)35(38(33)44)15-16-37-41(5)20-18-34(30-11-13-31(14-12-30)39(47)48)40(3,4)36(41)19-21-43(37,42)7/h11-14,29,32-38,45-46H,8-10,15-28H2,1-7H3,(H,47,48)/t32-,33-,34-,35+,36-,37+,38+,41-,42+,43+,44-/m0/s1. The van der Waals surface area contributed by atoms with Gasteiger partial charge in [-0.15, -0.1) is 0 Å². The molecule has 1 aliphatic heterocycles. The third kappa shape index (κ3) is 5.99. The lowest BCUT2D eigenvalue weighted by molar-refractivity contribution is -0.235. The van der Waals surface area contributed by atoms with Gasteiger partial charge in [-0.25, -0.2) is 13.2 Å². The number of carboxylic acid groups (broad SMARTS) is 1. The van der Waals surface area contributed by atoms with E-state index >= 15 is 0 Å². The van der Waals surface area contributed by atoms with E-state index in [1.807, 2.05) is 12.1 Å². The maximum Gasteiger partial charge on any atom is 0.335 e. The highest BCUT2D eigenvalue weighted by Crippen LogP contribution is 2.77. The third-order valence-electron chi connectivity index (χ3n) is 17.8. The molecule has 6 nitrogen and oxygen atoms in total. The number of carboxylic acids is 1. The number of hydrogen-bond acceptors (Lipinski definition) is 5. The Hall–Kier alpha value is -1.44. The van der Waals surface area contributed by atoms with Crippen LogP contribution in [0.5, 0.6) is 0 Å². The Labute approximate surface area is 310 Å². The molecular formula is C44H70N2O4S. The molecule has 6 fully saturated rings. The summed E-state index contributed by atoms with van der Waals surface area (Å²) < 4.78 is 24.6. The van der Waals surface area contributed by atoms with Crippen LogP contribution < -0.4 is 10.6 Å². The van der Waals surface area contributed by atoms with Gasteiger partial charge in [0.25, 0.3) is 0 Å². The lowest BCUT2D eigenvalue weighted by Crippen LogP contribution is -2.68. The number of carbonyl (C=O) groups is 1. The number of sulfone groups is 1. The van der Waals surface area contributed by atoms with Crippen molar-refractivity contribution in [1.82, 2.24) is 10.6 Å². The Morgan fingerprint density at radius 3 is 2.25 bits per heavy atom. The number of rotatable bonds is 10. The summed E-state index contributed by atoms with van der Waals surface area (Å²) in [6.45, 7) is 20.8. The molecule has 0 amide bonds. The molecule has 0 bridgehead atoms. The molecular weight excluding hydrogens is 653 g/mol. The van der Waals surface area contributed by atoms with Gasteiger partial charge < -0.3 is 15.7 Å². The van der Waals surface area contributed by atoms with Crippen LogP contribution in [0.2, 0.25) is 0 Å². The topological polar surface area (TPSA) is 95.5 Å². The molecule has 0 spiro atoms. The second kappa shape index (κ2) is 13.4. The highest BCUT2D eigenvalue weighted by atomic mass is 32.2. The van der Waals surface area contributed by atoms with Crippen molar-refractivity contribution in [2.45, 2.75) is 149 Å². The van der Waals surface area contributed by atoms with Gasteiger partial charge in [-0.2, -0.15) is 0 Å². The van der Waals surface area contributed by atoms with Gasteiger partial charge in [0.05, 0.1) is 16.6 Å². The fraction of sp³-hybridized carbons (Fsp3) is 0.841. The van der Waals surface area contributed by atoms with E-state index in [1.54, 1.807) is 0 Å². The molecule has 0 unspecified atom stereocenters. The first kappa shape index (κ1) is 37.9. The summed E-state index contributed by atoms with van der Waals surface area (Å²) in [7, 11) is -2.88. The first-order valence-corrected chi connectivity index (χ1v) is 22.7. The molecule has 1 heterocycles. The smallest absolute Gasteiger partial charge is 0.335 e. The van der Waals surface area contributed by atoms with Crippen LogP contribution in [0.1, 0.15) is 154 Å². The van der Waals surface area contributed by atoms with Gasteiger partial charge in [-0.1, -0.05) is 60.6 Å². The number of hydrogen-bond donors (Lipinski definition) is 3. The molecule has 7 heteroatoms. The second-order valence-electron chi connectivity index (χ2n) is 20.3. The molecule has 0 radical (unpaired) electrons. The van der Waals surface area contributed by atoms with Crippen LogP contribution >= 0.6 is 0 Å². The molecule has 5 saturated carbocycles. The van der Waals surface area contributed by atoms with E-state index in [1.165, 1.54) is 69.8 Å². The van der Waals surface area contributed by atoms with Crippen molar-refractivity contribution in [2.75, 3.05) is 25.4 Å². The Balaban J connectivity index is 1.07. The van der Waals surface area contributed by atoms with E-state index in [-0.39, 0.29) is 16.2 Å². The largest absolute Gasteiger partial charge is 0.478 e. The molecule has 0 aromatic heterocycles. The van der Waals surface area contributed by atoms with E-state index in [4.69, 9.17) is 0 Å². The van der Waals surface area contributed by atoms with Crippen molar-refractivity contribution >= 4 is 15.8 Å². The van der Waals surface area contributed by atoms with Crippen molar-refractivity contribution < 1.29 is 18.3 Å². The van der Waals surface area contributed by atoms with Crippen LogP contribution in [0.15, 0.2) is 24.3 Å². The Bertz CT molecular complexity index is 1560. The van der Waals surface area contributed by atoms with Crippen LogP contribution in [0.3, 0.4) is 0 Å². The highest BCUT2D eigenvalue weighted by molar-refractivity contribution is 7.92. The van der Waals surface area contributed by atoms with Gasteiger partial charge >= 0.3 is 5.97 Å². The van der Waals surface area contributed by atoms with Crippen molar-refractivity contribution in [3.8, 4) is 0 Å². The van der Waals surface area contributed by atoms with Gasteiger partial charge in [0, 0.05) is 12.1 Å². The minimum absolute atomic E-state index is 0.164. The lowest BCUT2D eigenvalue weighted by atomic mass is 9.32. The maximum atomic E-state index is 12.3. The van der Waals surface area contributed by atoms with E-state index in [0.717, 1.165) is 56.0 Å². The minimum atomic E-state index is -2.88. The maximum absolute atomic E-state index is 12.3. The second-order valence-corrected chi connectivity index (χ2v) is 22.7. The van der Waals surface area contributed by atoms with Crippen molar-refractivity contribution in [2.24, 2.45) is 57.2 Å². The van der Waals surface area contributed by atoms with Gasteiger partial charge in [0.15, 0.2) is 9.84 Å². The summed E-state index contributed by atoms with van der Waals surface area (Å²) in [6, 6.07) is 7.84. The molecule has 6 aliphatic rings. The van der Waals surface area contributed by atoms with Crippen LogP contribution in [-0.2, 0) is 9.84 Å². The Kier molecular flexibility index (Phi) is 9.94. The van der Waals surface area contributed by atoms with Crippen LogP contribution in [0.25, 0.3) is 0 Å². The van der Waals surface area contributed by atoms with Gasteiger partial charge in [0.1, 0.15) is 0 Å². The van der Waals surface area contributed by atoms with Crippen LogP contribution in [0, 0.1) is 57.2 Å². The Morgan fingerprint density at radius 1 is 0.843 bits per heavy atom. The normalized spacial score (nSPS) is 44.0. The average molecular weight is 723 g/mol. The van der Waals surface area contributed by atoms with E-state index in [9.17, 15) is 18.3 Å². The van der Waals surface area contributed by atoms with Crippen LogP contribution in [-0.4, -0.2) is 55.7 Å².